The van der Waals surface area contributed by atoms with Gasteiger partial charge in [0.2, 0.25) is 0 Å². The number of nitrogens with one attached hydrogen (secondary N) is 1. The minimum absolute atomic E-state index is 0.135. The van der Waals surface area contributed by atoms with Crippen LogP contribution < -0.4 is 5.32 Å². The molecule has 5 heteroatoms. The van der Waals surface area contributed by atoms with Gasteiger partial charge in [-0.1, -0.05) is 36.4 Å². The van der Waals surface area contributed by atoms with Crippen LogP contribution in [0, 0.1) is 13.8 Å². The maximum Gasteiger partial charge on any atom is 0.316 e. The van der Waals surface area contributed by atoms with E-state index in [0.29, 0.717) is 0 Å². The van der Waals surface area contributed by atoms with Gasteiger partial charge in [0.25, 0.3) is 5.91 Å². The molecule has 0 aromatic heterocycles. The number of aryl methyl sites for hydroxylation is 2. The van der Waals surface area contributed by atoms with E-state index in [0.717, 1.165) is 10.5 Å². The number of hydrogen-bond acceptors (Lipinski definition) is 4. The minimum atomic E-state index is -0.400. The Labute approximate surface area is 153 Å². The monoisotopic (exact) mass is 357 g/mol. The van der Waals surface area contributed by atoms with E-state index < -0.39 is 5.97 Å². The van der Waals surface area contributed by atoms with Gasteiger partial charge in [0.15, 0.2) is 6.61 Å². The molecule has 0 bridgehead atoms. The molecule has 0 fully saturated rings. The van der Waals surface area contributed by atoms with Crippen molar-refractivity contribution in [1.82, 2.24) is 5.32 Å². The third-order valence-electron chi connectivity index (χ3n) is 3.87. The van der Waals surface area contributed by atoms with Crippen LogP contribution in [-0.4, -0.2) is 24.2 Å². The lowest BCUT2D eigenvalue weighted by atomic mass is 10.0. The maximum absolute atomic E-state index is 12.0. The second-order valence-electron chi connectivity index (χ2n) is 5.90. The fraction of sp³-hybridized carbons (Fsp3) is 0.300. The van der Waals surface area contributed by atoms with E-state index in [-0.39, 0.29) is 24.3 Å². The molecule has 2 rings (SSSR count). The lowest BCUT2D eigenvalue weighted by Crippen LogP contribution is -2.31. The number of rotatable bonds is 7. The summed E-state index contributed by atoms with van der Waals surface area (Å²) in [7, 11) is 0. The van der Waals surface area contributed by atoms with Crippen molar-refractivity contribution in [2.24, 2.45) is 0 Å². The average molecular weight is 357 g/mol. The lowest BCUT2D eigenvalue weighted by Gasteiger charge is -2.15. The van der Waals surface area contributed by atoms with E-state index >= 15 is 0 Å². The molecular weight excluding hydrogens is 334 g/mol. The highest BCUT2D eigenvalue weighted by atomic mass is 32.2. The predicted molar refractivity (Wildman–Crippen MR) is 101 cm³/mol. The zero-order chi connectivity index (χ0) is 18.2. The fourth-order valence-corrected chi connectivity index (χ4v) is 2.96. The molecule has 1 N–H and O–H groups in total. The van der Waals surface area contributed by atoms with Crippen molar-refractivity contribution < 1.29 is 14.3 Å². The first-order chi connectivity index (χ1) is 12.0. The SMILES string of the molecule is Cc1ccc([C@@H](C)NC(=O)COC(=O)CSc2ccccc2)cc1C. The molecule has 0 unspecified atom stereocenters. The normalized spacial score (nSPS) is 11.6. The topological polar surface area (TPSA) is 55.4 Å². The van der Waals surface area contributed by atoms with Gasteiger partial charge in [-0.2, -0.15) is 0 Å². The number of benzene rings is 2. The Bertz CT molecular complexity index is 731. The van der Waals surface area contributed by atoms with E-state index in [2.05, 4.69) is 18.3 Å². The number of carbonyl (C=O) groups is 2. The van der Waals surface area contributed by atoms with E-state index in [1.807, 2.05) is 56.3 Å². The molecule has 25 heavy (non-hydrogen) atoms. The molecule has 4 nitrogen and oxygen atoms in total. The summed E-state index contributed by atoms with van der Waals surface area (Å²) in [6, 6.07) is 15.6. The summed E-state index contributed by atoms with van der Waals surface area (Å²) >= 11 is 1.39. The summed E-state index contributed by atoms with van der Waals surface area (Å²) in [6.45, 7) is 5.74. The van der Waals surface area contributed by atoms with Crippen LogP contribution in [0.3, 0.4) is 0 Å². The van der Waals surface area contributed by atoms with Gasteiger partial charge in [0.1, 0.15) is 0 Å². The zero-order valence-electron chi connectivity index (χ0n) is 14.7. The molecule has 1 amide bonds. The number of carbonyl (C=O) groups excluding carboxylic acids is 2. The van der Waals surface area contributed by atoms with Gasteiger partial charge in [0, 0.05) is 4.90 Å². The van der Waals surface area contributed by atoms with Gasteiger partial charge in [-0.3, -0.25) is 9.59 Å². The van der Waals surface area contributed by atoms with E-state index in [9.17, 15) is 9.59 Å². The second kappa shape index (κ2) is 9.28. The molecule has 0 aliphatic carbocycles. The number of thioether (sulfide) groups is 1. The first-order valence-corrected chi connectivity index (χ1v) is 9.14. The Kier molecular flexibility index (Phi) is 7.07. The summed E-state index contributed by atoms with van der Waals surface area (Å²) in [5.74, 6) is -0.518. The van der Waals surface area contributed by atoms with Crippen LogP contribution in [-0.2, 0) is 14.3 Å². The molecular formula is C20H23NO3S. The highest BCUT2D eigenvalue weighted by Crippen LogP contribution is 2.17. The van der Waals surface area contributed by atoms with Crippen LogP contribution in [0.15, 0.2) is 53.4 Å². The van der Waals surface area contributed by atoms with Crippen molar-refractivity contribution in [1.29, 1.82) is 0 Å². The van der Waals surface area contributed by atoms with E-state index in [1.54, 1.807) is 0 Å². The van der Waals surface area contributed by atoms with Crippen molar-refractivity contribution in [3.05, 3.63) is 65.2 Å². The molecule has 0 saturated carbocycles. The van der Waals surface area contributed by atoms with Crippen molar-refractivity contribution in [2.75, 3.05) is 12.4 Å². The summed E-state index contributed by atoms with van der Waals surface area (Å²) < 4.78 is 5.03. The van der Waals surface area contributed by atoms with Crippen LogP contribution in [0.5, 0.6) is 0 Å². The maximum atomic E-state index is 12.0. The molecule has 0 saturated heterocycles. The highest BCUT2D eigenvalue weighted by molar-refractivity contribution is 8.00. The molecule has 0 spiro atoms. The largest absolute Gasteiger partial charge is 0.455 e. The minimum Gasteiger partial charge on any atom is -0.455 e. The van der Waals surface area contributed by atoms with Crippen LogP contribution in [0.2, 0.25) is 0 Å². The van der Waals surface area contributed by atoms with Crippen molar-refractivity contribution >= 4 is 23.6 Å². The van der Waals surface area contributed by atoms with Gasteiger partial charge in [0.05, 0.1) is 11.8 Å². The third kappa shape index (κ3) is 6.27. The Morgan fingerprint density at radius 2 is 1.80 bits per heavy atom. The Morgan fingerprint density at radius 1 is 1.08 bits per heavy atom. The number of amides is 1. The van der Waals surface area contributed by atoms with Gasteiger partial charge in [-0.25, -0.2) is 0 Å². The van der Waals surface area contributed by atoms with Gasteiger partial charge in [-0.05, 0) is 49.6 Å². The average Bonchev–Trinajstić information content (AvgIpc) is 2.61. The predicted octanol–water partition coefficient (Wildman–Crippen LogP) is 3.82. The summed E-state index contributed by atoms with van der Waals surface area (Å²) in [4.78, 5) is 24.7. The number of ether oxygens (including phenoxy) is 1. The van der Waals surface area contributed by atoms with Gasteiger partial charge >= 0.3 is 5.97 Å². The Hall–Kier alpha value is -2.27. The first-order valence-electron chi connectivity index (χ1n) is 8.15. The van der Waals surface area contributed by atoms with Crippen LogP contribution in [0.1, 0.15) is 29.7 Å². The van der Waals surface area contributed by atoms with Crippen molar-refractivity contribution in [3.63, 3.8) is 0 Å². The lowest BCUT2D eigenvalue weighted by molar-refractivity contribution is -0.146. The Balaban J connectivity index is 1.74. The van der Waals surface area contributed by atoms with Crippen LogP contribution >= 0.6 is 11.8 Å². The first kappa shape index (κ1) is 19.1. The fourth-order valence-electron chi connectivity index (χ4n) is 2.25. The second-order valence-corrected chi connectivity index (χ2v) is 6.94. The van der Waals surface area contributed by atoms with Crippen molar-refractivity contribution in [3.8, 4) is 0 Å². The number of esters is 1. The van der Waals surface area contributed by atoms with Gasteiger partial charge in [-0.15, -0.1) is 11.8 Å². The molecule has 0 aliphatic rings. The molecule has 2 aromatic rings. The van der Waals surface area contributed by atoms with E-state index in [1.165, 1.54) is 22.9 Å². The van der Waals surface area contributed by atoms with Gasteiger partial charge < -0.3 is 10.1 Å². The molecule has 0 aliphatic heterocycles. The smallest absolute Gasteiger partial charge is 0.316 e. The van der Waals surface area contributed by atoms with Crippen LogP contribution in [0.4, 0.5) is 0 Å². The van der Waals surface area contributed by atoms with Crippen molar-refractivity contribution in [2.45, 2.75) is 31.7 Å². The quantitative estimate of drug-likeness (QED) is 0.605. The summed E-state index contributed by atoms with van der Waals surface area (Å²) in [5.41, 5.74) is 3.43. The zero-order valence-corrected chi connectivity index (χ0v) is 15.6. The number of hydrogen-bond donors (Lipinski definition) is 1. The third-order valence-corrected chi connectivity index (χ3v) is 4.86. The highest BCUT2D eigenvalue weighted by Gasteiger charge is 2.12. The van der Waals surface area contributed by atoms with Crippen LogP contribution in [0.25, 0.3) is 0 Å². The molecule has 0 heterocycles. The Morgan fingerprint density at radius 3 is 2.48 bits per heavy atom. The summed E-state index contributed by atoms with van der Waals surface area (Å²) in [6.07, 6.45) is 0. The van der Waals surface area contributed by atoms with E-state index in [4.69, 9.17) is 4.74 Å². The summed E-state index contributed by atoms with van der Waals surface area (Å²) in [5, 5.41) is 2.85. The molecule has 132 valence electrons. The molecule has 1 atom stereocenters. The standard InChI is InChI=1S/C20H23NO3S/c1-14-9-10-17(11-15(14)2)16(3)21-19(22)12-24-20(23)13-25-18-7-5-4-6-8-18/h4-11,16H,12-13H2,1-3H3,(H,21,22)/t16-/m1/s1. The molecule has 0 radical (unpaired) electrons. The molecule has 2 aromatic carbocycles.